The van der Waals surface area contributed by atoms with E-state index in [-0.39, 0.29) is 16.8 Å². The van der Waals surface area contributed by atoms with E-state index in [1.165, 1.54) is 22.0 Å². The number of hydrogen-bond donors (Lipinski definition) is 1. The second-order valence-corrected chi connectivity index (χ2v) is 12.0. The van der Waals surface area contributed by atoms with E-state index in [0.29, 0.717) is 41.6 Å². The number of amides is 1. The molecule has 0 spiro atoms. The second-order valence-electron chi connectivity index (χ2n) is 8.08. The predicted molar refractivity (Wildman–Crippen MR) is 132 cm³/mol. The van der Waals surface area contributed by atoms with Gasteiger partial charge in [-0.1, -0.05) is 6.07 Å². The van der Waals surface area contributed by atoms with Crippen molar-refractivity contribution in [1.29, 1.82) is 0 Å². The molecular formula is C21H24BrN5O4S2. The maximum atomic E-state index is 13.4. The van der Waals surface area contributed by atoms with Crippen molar-refractivity contribution < 1.29 is 13.2 Å². The molecule has 176 valence electrons. The molecule has 3 heterocycles. The highest BCUT2D eigenvalue weighted by molar-refractivity contribution is 9.10. The summed E-state index contributed by atoms with van der Waals surface area (Å²) in [6, 6.07) is 5.51. The first-order chi connectivity index (χ1) is 15.6. The molecule has 0 bridgehead atoms. The summed E-state index contributed by atoms with van der Waals surface area (Å²) in [5, 5.41) is 2.81. The number of halogens is 1. The minimum atomic E-state index is -3.87. The smallest absolute Gasteiger partial charge is 0.263 e. The number of aromatic nitrogens is 2. The molecule has 9 nitrogen and oxygen atoms in total. The molecule has 1 amide bonds. The summed E-state index contributed by atoms with van der Waals surface area (Å²) < 4.78 is 30.2. The Morgan fingerprint density at radius 3 is 2.58 bits per heavy atom. The highest BCUT2D eigenvalue weighted by Gasteiger charge is 2.33. The zero-order valence-electron chi connectivity index (χ0n) is 18.5. The number of hydrogen-bond acceptors (Lipinski definition) is 7. The third-order valence-corrected chi connectivity index (χ3v) is 9.44. The Bertz CT molecular complexity index is 1390. The summed E-state index contributed by atoms with van der Waals surface area (Å²) >= 11 is 4.59. The van der Waals surface area contributed by atoms with E-state index < -0.39 is 21.5 Å². The van der Waals surface area contributed by atoms with Crippen LogP contribution in [0, 0.1) is 13.8 Å². The lowest BCUT2D eigenvalue weighted by molar-refractivity contribution is -0.116. The number of nitrogens with zero attached hydrogens (tertiary/aromatic N) is 4. The zero-order valence-corrected chi connectivity index (χ0v) is 21.7. The molecular weight excluding hydrogens is 530 g/mol. The minimum Gasteiger partial charge on any atom is -0.324 e. The van der Waals surface area contributed by atoms with Gasteiger partial charge in [-0.05, 0) is 54.5 Å². The second kappa shape index (κ2) is 9.26. The number of fused-ring (bicyclic) bond motifs is 1. The molecule has 12 heteroatoms. The van der Waals surface area contributed by atoms with Crippen LogP contribution in [-0.2, 0) is 21.4 Å². The highest BCUT2D eigenvalue weighted by atomic mass is 79.9. The maximum Gasteiger partial charge on any atom is 0.263 e. The summed E-state index contributed by atoms with van der Waals surface area (Å²) in [7, 11) is -1.93. The van der Waals surface area contributed by atoms with Gasteiger partial charge < -0.3 is 10.2 Å². The van der Waals surface area contributed by atoms with Crippen molar-refractivity contribution in [3.8, 4) is 0 Å². The molecule has 4 rings (SSSR count). The molecule has 1 saturated heterocycles. The summed E-state index contributed by atoms with van der Waals surface area (Å²) in [5.41, 5.74) is 1.07. The van der Waals surface area contributed by atoms with Gasteiger partial charge in [0.1, 0.15) is 16.3 Å². The van der Waals surface area contributed by atoms with Crippen LogP contribution in [0.25, 0.3) is 10.2 Å². The van der Waals surface area contributed by atoms with Gasteiger partial charge in [0, 0.05) is 35.5 Å². The summed E-state index contributed by atoms with van der Waals surface area (Å²) in [6.45, 7) is 5.30. The third kappa shape index (κ3) is 4.76. The van der Waals surface area contributed by atoms with Gasteiger partial charge in [0.25, 0.3) is 5.56 Å². The Hall–Kier alpha value is -2.12. The Morgan fingerprint density at radius 2 is 1.91 bits per heavy atom. The molecule has 0 saturated carbocycles. The van der Waals surface area contributed by atoms with Crippen LogP contribution in [0.15, 0.2) is 38.7 Å². The van der Waals surface area contributed by atoms with E-state index in [1.54, 1.807) is 13.0 Å². The number of carbonyl (C=O) groups is 1. The SMILES string of the molecule is Cc1ccc(NC(=O)Cn2cnc3sc(C)c(S(=O)(=O)N4CCN(C)CC4)c3c2=O)c(Br)c1. The standard InChI is InChI=1S/C21H24BrN5O4S2/c1-13-4-5-16(15(22)10-13)24-17(28)11-26-12-23-20-18(21(26)29)19(14(2)32-20)33(30,31)27-8-6-25(3)7-9-27/h4-5,10,12H,6-9,11H2,1-3H3,(H,24,28). The molecule has 1 aliphatic heterocycles. The average molecular weight is 554 g/mol. The molecule has 0 unspecified atom stereocenters. The van der Waals surface area contributed by atoms with Crippen LogP contribution in [0.4, 0.5) is 5.69 Å². The van der Waals surface area contributed by atoms with E-state index in [1.807, 2.05) is 26.1 Å². The number of nitrogens with one attached hydrogen (secondary N) is 1. The van der Waals surface area contributed by atoms with Gasteiger partial charge in [-0.2, -0.15) is 4.31 Å². The highest BCUT2D eigenvalue weighted by Crippen LogP contribution is 2.33. The number of sulfonamides is 1. The van der Waals surface area contributed by atoms with Gasteiger partial charge in [-0.3, -0.25) is 14.2 Å². The first kappa shape index (κ1) is 24.0. The van der Waals surface area contributed by atoms with Gasteiger partial charge in [0.05, 0.1) is 17.4 Å². The lowest BCUT2D eigenvalue weighted by Crippen LogP contribution is -2.47. The number of piperazine rings is 1. The normalized spacial score (nSPS) is 15.8. The number of benzene rings is 1. The van der Waals surface area contributed by atoms with Gasteiger partial charge in [-0.15, -0.1) is 11.3 Å². The molecule has 0 aliphatic carbocycles. The van der Waals surface area contributed by atoms with Gasteiger partial charge in [0.2, 0.25) is 15.9 Å². The van der Waals surface area contributed by atoms with E-state index in [9.17, 15) is 18.0 Å². The molecule has 2 aromatic heterocycles. The largest absolute Gasteiger partial charge is 0.324 e. The molecule has 1 aromatic carbocycles. The Balaban J connectivity index is 1.67. The molecule has 1 fully saturated rings. The van der Waals surface area contributed by atoms with Crippen LogP contribution in [0.5, 0.6) is 0 Å². The van der Waals surface area contributed by atoms with E-state index in [4.69, 9.17) is 0 Å². The average Bonchev–Trinajstić information content (AvgIpc) is 3.10. The minimum absolute atomic E-state index is 0.000547. The lowest BCUT2D eigenvalue weighted by atomic mass is 10.2. The number of likely N-dealkylation sites (N-methyl/N-ethyl adjacent to an activating group) is 1. The van der Waals surface area contributed by atoms with Crippen LogP contribution >= 0.6 is 27.3 Å². The van der Waals surface area contributed by atoms with Crippen molar-refractivity contribution >= 4 is 59.1 Å². The monoisotopic (exact) mass is 553 g/mol. The van der Waals surface area contributed by atoms with E-state index in [2.05, 4.69) is 31.1 Å². The summed E-state index contributed by atoms with van der Waals surface area (Å²) in [5.74, 6) is -0.418. The van der Waals surface area contributed by atoms with Crippen LogP contribution in [0.3, 0.4) is 0 Å². The number of rotatable bonds is 5. The molecule has 1 N–H and O–H groups in total. The summed E-state index contributed by atoms with van der Waals surface area (Å²) in [6.07, 6.45) is 1.29. The first-order valence-electron chi connectivity index (χ1n) is 10.3. The van der Waals surface area contributed by atoms with Gasteiger partial charge >= 0.3 is 0 Å². The van der Waals surface area contributed by atoms with Crippen LogP contribution < -0.4 is 10.9 Å². The molecule has 33 heavy (non-hydrogen) atoms. The number of anilines is 1. The van der Waals surface area contributed by atoms with Crippen LogP contribution in [-0.4, -0.2) is 66.3 Å². The topological polar surface area (TPSA) is 105 Å². The quantitative estimate of drug-likeness (QED) is 0.520. The van der Waals surface area contributed by atoms with Gasteiger partial charge in [0.15, 0.2) is 0 Å². The number of thiophene rings is 1. The summed E-state index contributed by atoms with van der Waals surface area (Å²) in [4.78, 5) is 33.1. The Labute approximate surface area is 204 Å². The van der Waals surface area contributed by atoms with Gasteiger partial charge in [-0.25, -0.2) is 13.4 Å². The number of aryl methyl sites for hydroxylation is 2. The molecule has 0 radical (unpaired) electrons. The zero-order chi connectivity index (χ0) is 23.9. The fourth-order valence-electron chi connectivity index (χ4n) is 3.76. The van der Waals surface area contributed by atoms with Crippen LogP contribution in [0.2, 0.25) is 0 Å². The Morgan fingerprint density at radius 1 is 1.21 bits per heavy atom. The third-order valence-electron chi connectivity index (χ3n) is 5.57. The van der Waals surface area contributed by atoms with Crippen molar-refractivity contribution in [3.63, 3.8) is 0 Å². The number of carbonyl (C=O) groups excluding carboxylic acids is 1. The molecule has 0 atom stereocenters. The van der Waals surface area contributed by atoms with Crippen LogP contribution in [0.1, 0.15) is 10.4 Å². The predicted octanol–water partition coefficient (Wildman–Crippen LogP) is 2.41. The van der Waals surface area contributed by atoms with E-state index >= 15 is 0 Å². The van der Waals surface area contributed by atoms with Crippen molar-refractivity contribution in [3.05, 3.63) is 49.8 Å². The van der Waals surface area contributed by atoms with Crippen molar-refractivity contribution in [2.75, 3.05) is 38.5 Å². The Kier molecular flexibility index (Phi) is 6.74. The molecule has 1 aliphatic rings. The molecule has 3 aromatic rings. The van der Waals surface area contributed by atoms with Crippen molar-refractivity contribution in [2.45, 2.75) is 25.3 Å². The fraction of sp³-hybridized carbons (Fsp3) is 0.381. The lowest BCUT2D eigenvalue weighted by Gasteiger charge is -2.31. The first-order valence-corrected chi connectivity index (χ1v) is 13.4. The fourth-order valence-corrected chi connectivity index (χ4v) is 7.44. The maximum absolute atomic E-state index is 13.4. The van der Waals surface area contributed by atoms with Crippen molar-refractivity contribution in [2.24, 2.45) is 0 Å². The van der Waals surface area contributed by atoms with E-state index in [0.717, 1.165) is 14.6 Å². The van der Waals surface area contributed by atoms with Crippen molar-refractivity contribution in [1.82, 2.24) is 18.8 Å².